The zero-order valence-corrected chi connectivity index (χ0v) is 11.6. The Balaban J connectivity index is 2.36. The first kappa shape index (κ1) is 14.0. The lowest BCUT2D eigenvalue weighted by Crippen LogP contribution is -2.46. The molecule has 1 unspecified atom stereocenters. The predicted molar refractivity (Wildman–Crippen MR) is 73.5 cm³/mol. The fraction of sp³-hybridized carbons (Fsp3) is 0.562. The molecule has 3 nitrogen and oxygen atoms in total. The highest BCUT2D eigenvalue weighted by Gasteiger charge is 2.49. The minimum Gasteiger partial charge on any atom is -0.384 e. The van der Waals surface area contributed by atoms with Crippen LogP contribution in [0.2, 0.25) is 0 Å². The number of hydrogen-bond donors (Lipinski definition) is 1. The van der Waals surface area contributed by atoms with Crippen molar-refractivity contribution in [1.29, 1.82) is 5.26 Å². The largest absolute Gasteiger partial charge is 0.384 e. The van der Waals surface area contributed by atoms with E-state index in [0.717, 1.165) is 12.0 Å². The number of aryl methyl sites for hydroxylation is 1. The van der Waals surface area contributed by atoms with E-state index in [-0.39, 0.29) is 0 Å². The molecule has 0 radical (unpaired) electrons. The Bertz CT molecular complexity index is 465. The Hall–Kier alpha value is -1.37. The van der Waals surface area contributed by atoms with Gasteiger partial charge in [-0.05, 0) is 37.3 Å². The average molecular weight is 259 g/mol. The minimum absolute atomic E-state index is 0.538. The highest BCUT2D eigenvalue weighted by molar-refractivity contribution is 5.31. The maximum atomic E-state index is 10.9. The van der Waals surface area contributed by atoms with E-state index in [1.54, 1.807) is 6.92 Å². The first-order valence-corrected chi connectivity index (χ1v) is 6.86. The lowest BCUT2D eigenvalue weighted by molar-refractivity contribution is -0.0974. The molecule has 1 atom stereocenters. The summed E-state index contributed by atoms with van der Waals surface area (Å²) in [6, 6.07) is 10.3. The summed E-state index contributed by atoms with van der Waals surface area (Å²) >= 11 is 0. The first-order valence-electron chi connectivity index (χ1n) is 6.86. The molecule has 1 aromatic carbocycles. The Kier molecular flexibility index (Phi) is 3.93. The summed E-state index contributed by atoms with van der Waals surface area (Å²) in [6.45, 7) is 4.93. The van der Waals surface area contributed by atoms with E-state index in [4.69, 9.17) is 4.74 Å². The van der Waals surface area contributed by atoms with Crippen LogP contribution in [0.4, 0.5) is 0 Å². The van der Waals surface area contributed by atoms with E-state index < -0.39 is 11.0 Å². The molecule has 0 saturated carbocycles. The van der Waals surface area contributed by atoms with Crippen molar-refractivity contribution in [3.63, 3.8) is 0 Å². The standard InChI is InChI=1S/C16H21NO2/c1-3-13-4-6-14(7-5-13)15(2,18)16(12-17)8-10-19-11-9-16/h4-7,18H,3,8-11H2,1-2H3. The molecule has 1 aromatic rings. The number of ether oxygens (including phenoxy) is 1. The van der Waals surface area contributed by atoms with Gasteiger partial charge in [0.05, 0.1) is 11.5 Å². The third-order valence-corrected chi connectivity index (χ3v) is 4.42. The van der Waals surface area contributed by atoms with Crippen LogP contribution in [0.5, 0.6) is 0 Å². The summed E-state index contributed by atoms with van der Waals surface area (Å²) in [7, 11) is 0. The summed E-state index contributed by atoms with van der Waals surface area (Å²) in [5.41, 5.74) is 0.155. The summed E-state index contributed by atoms with van der Waals surface area (Å²) < 4.78 is 5.33. The normalized spacial score (nSPS) is 21.4. The van der Waals surface area contributed by atoms with Crippen molar-refractivity contribution in [2.24, 2.45) is 5.41 Å². The van der Waals surface area contributed by atoms with Gasteiger partial charge in [0.1, 0.15) is 5.60 Å². The fourth-order valence-electron chi connectivity index (χ4n) is 2.77. The zero-order valence-electron chi connectivity index (χ0n) is 11.6. The van der Waals surface area contributed by atoms with Crippen LogP contribution < -0.4 is 0 Å². The van der Waals surface area contributed by atoms with Crippen molar-refractivity contribution in [3.05, 3.63) is 35.4 Å². The van der Waals surface area contributed by atoms with Gasteiger partial charge >= 0.3 is 0 Å². The zero-order chi connectivity index (χ0) is 13.9. The van der Waals surface area contributed by atoms with Crippen molar-refractivity contribution < 1.29 is 9.84 Å². The molecule has 0 spiro atoms. The van der Waals surface area contributed by atoms with Crippen LogP contribution in [0.1, 0.15) is 37.8 Å². The second-order valence-corrected chi connectivity index (χ2v) is 5.43. The van der Waals surface area contributed by atoms with Crippen LogP contribution in [0.15, 0.2) is 24.3 Å². The highest BCUT2D eigenvalue weighted by Crippen LogP contribution is 2.46. The first-order chi connectivity index (χ1) is 9.05. The van der Waals surface area contributed by atoms with Crippen molar-refractivity contribution in [1.82, 2.24) is 0 Å². The fourth-order valence-corrected chi connectivity index (χ4v) is 2.77. The van der Waals surface area contributed by atoms with Gasteiger partial charge in [0.15, 0.2) is 0 Å². The Labute approximate surface area is 114 Å². The minimum atomic E-state index is -1.14. The molecule has 19 heavy (non-hydrogen) atoms. The molecule has 1 saturated heterocycles. The average Bonchev–Trinajstić information content (AvgIpc) is 2.47. The second kappa shape index (κ2) is 5.32. The molecule has 1 N–H and O–H groups in total. The molecule has 0 aromatic heterocycles. The molecule has 1 heterocycles. The van der Waals surface area contributed by atoms with Crippen LogP contribution in [0, 0.1) is 16.7 Å². The van der Waals surface area contributed by atoms with E-state index in [0.29, 0.717) is 26.1 Å². The van der Waals surface area contributed by atoms with Gasteiger partial charge in [-0.15, -0.1) is 0 Å². The van der Waals surface area contributed by atoms with Gasteiger partial charge in [0.25, 0.3) is 0 Å². The molecule has 3 heteroatoms. The lowest BCUT2D eigenvalue weighted by Gasteiger charge is -2.43. The van der Waals surface area contributed by atoms with Gasteiger partial charge in [-0.3, -0.25) is 0 Å². The molecular formula is C16H21NO2. The smallest absolute Gasteiger partial charge is 0.106 e. The Morgan fingerprint density at radius 2 is 1.89 bits per heavy atom. The summed E-state index contributed by atoms with van der Waals surface area (Å²) in [5.74, 6) is 0. The third kappa shape index (κ3) is 2.39. The third-order valence-electron chi connectivity index (χ3n) is 4.42. The second-order valence-electron chi connectivity index (χ2n) is 5.43. The molecule has 1 aliphatic rings. The van der Waals surface area contributed by atoms with Gasteiger partial charge in [-0.25, -0.2) is 0 Å². The van der Waals surface area contributed by atoms with Gasteiger partial charge < -0.3 is 9.84 Å². The van der Waals surface area contributed by atoms with E-state index >= 15 is 0 Å². The predicted octanol–water partition coefficient (Wildman–Crippen LogP) is 2.78. The van der Waals surface area contributed by atoms with Gasteiger partial charge in [0, 0.05) is 13.2 Å². The van der Waals surface area contributed by atoms with Crippen LogP contribution in [0.3, 0.4) is 0 Å². The number of aliphatic hydroxyl groups is 1. The molecule has 0 bridgehead atoms. The molecule has 1 fully saturated rings. The van der Waals surface area contributed by atoms with Crippen molar-refractivity contribution in [3.8, 4) is 6.07 Å². The SMILES string of the molecule is CCc1ccc(C(C)(O)C2(C#N)CCOCC2)cc1. The Morgan fingerprint density at radius 1 is 1.32 bits per heavy atom. The summed E-state index contributed by atoms with van der Waals surface area (Å²) in [4.78, 5) is 0. The van der Waals surface area contributed by atoms with Gasteiger partial charge in [-0.2, -0.15) is 5.26 Å². The van der Waals surface area contributed by atoms with E-state index in [9.17, 15) is 10.4 Å². The molecule has 2 rings (SSSR count). The van der Waals surface area contributed by atoms with E-state index in [1.807, 2.05) is 24.3 Å². The van der Waals surface area contributed by atoms with E-state index in [1.165, 1.54) is 5.56 Å². The molecule has 1 aliphatic heterocycles. The quantitative estimate of drug-likeness (QED) is 0.908. The highest BCUT2D eigenvalue weighted by atomic mass is 16.5. The number of rotatable bonds is 3. The van der Waals surface area contributed by atoms with Crippen LogP contribution >= 0.6 is 0 Å². The van der Waals surface area contributed by atoms with Crippen LogP contribution in [-0.4, -0.2) is 18.3 Å². The Morgan fingerprint density at radius 3 is 2.37 bits per heavy atom. The van der Waals surface area contributed by atoms with E-state index in [2.05, 4.69) is 13.0 Å². The van der Waals surface area contributed by atoms with Crippen molar-refractivity contribution in [2.75, 3.05) is 13.2 Å². The number of hydrogen-bond acceptors (Lipinski definition) is 3. The lowest BCUT2D eigenvalue weighted by atomic mass is 9.65. The molecule has 0 aliphatic carbocycles. The topological polar surface area (TPSA) is 53.2 Å². The number of nitriles is 1. The molecular weight excluding hydrogens is 238 g/mol. The maximum absolute atomic E-state index is 10.9. The monoisotopic (exact) mass is 259 g/mol. The van der Waals surface area contributed by atoms with Crippen molar-refractivity contribution >= 4 is 0 Å². The summed E-state index contributed by atoms with van der Waals surface area (Å²) in [5, 5.41) is 20.5. The molecule has 102 valence electrons. The van der Waals surface area contributed by atoms with Crippen molar-refractivity contribution in [2.45, 2.75) is 38.7 Å². The number of nitrogens with zero attached hydrogens (tertiary/aromatic N) is 1. The maximum Gasteiger partial charge on any atom is 0.106 e. The van der Waals surface area contributed by atoms with Gasteiger partial charge in [0.2, 0.25) is 0 Å². The van der Waals surface area contributed by atoms with Crippen LogP contribution in [-0.2, 0) is 16.8 Å². The summed E-state index contributed by atoms with van der Waals surface area (Å²) in [6.07, 6.45) is 2.12. The van der Waals surface area contributed by atoms with Gasteiger partial charge in [-0.1, -0.05) is 31.2 Å². The van der Waals surface area contributed by atoms with Crippen LogP contribution in [0.25, 0.3) is 0 Å². The number of benzene rings is 1. The molecule has 0 amide bonds.